The molecular formula is C6H12N2O2. The Hall–Kier alpha value is -0.610. The monoisotopic (exact) mass is 144 g/mol. The van der Waals surface area contributed by atoms with Gasteiger partial charge in [-0.2, -0.15) is 0 Å². The molecule has 10 heavy (non-hydrogen) atoms. The fourth-order valence-electron chi connectivity index (χ4n) is 1.28. The van der Waals surface area contributed by atoms with Crippen LogP contribution in [0.4, 0.5) is 0 Å². The van der Waals surface area contributed by atoms with E-state index in [1.54, 1.807) is 0 Å². The van der Waals surface area contributed by atoms with Gasteiger partial charge in [0.25, 0.3) is 5.91 Å². The molecule has 2 unspecified atom stereocenters. The first-order valence-electron chi connectivity index (χ1n) is 3.54. The maximum atomic E-state index is 10.9. The lowest BCUT2D eigenvalue weighted by atomic mass is 10.0. The quantitative estimate of drug-likeness (QED) is 0.435. The average molecular weight is 144 g/mol. The Balaban J connectivity index is 2.47. The number of quaternary nitrogens is 1. The van der Waals surface area contributed by atoms with Crippen molar-refractivity contribution in [2.75, 3.05) is 6.54 Å². The smallest absolute Gasteiger partial charge is 0.276 e. The minimum absolute atomic E-state index is 0.0266. The van der Waals surface area contributed by atoms with E-state index in [1.807, 2.05) is 0 Å². The Morgan fingerprint density at radius 1 is 1.60 bits per heavy atom. The Labute approximate surface area is 59.6 Å². The van der Waals surface area contributed by atoms with E-state index >= 15 is 0 Å². The van der Waals surface area contributed by atoms with E-state index in [0.29, 0.717) is 13.0 Å². The molecule has 4 heteroatoms. The summed E-state index contributed by atoms with van der Waals surface area (Å²) < 4.78 is 0. The third-order valence-corrected chi connectivity index (χ3v) is 1.90. The molecule has 1 fully saturated rings. The first kappa shape index (κ1) is 7.50. The second kappa shape index (κ2) is 2.98. The number of carbonyl (C=O) groups is 1. The molecular weight excluding hydrogens is 132 g/mol. The van der Waals surface area contributed by atoms with Gasteiger partial charge in [-0.05, 0) is 12.8 Å². The third kappa shape index (κ3) is 1.46. The molecule has 1 saturated heterocycles. The van der Waals surface area contributed by atoms with Gasteiger partial charge in [0.05, 0.1) is 6.54 Å². The highest BCUT2D eigenvalue weighted by Gasteiger charge is 2.24. The van der Waals surface area contributed by atoms with Crippen molar-refractivity contribution in [3.8, 4) is 0 Å². The summed E-state index contributed by atoms with van der Waals surface area (Å²) in [5.41, 5.74) is 5.00. The number of piperidine rings is 1. The molecule has 1 rings (SSSR count). The van der Waals surface area contributed by atoms with E-state index in [4.69, 9.17) is 5.73 Å². The van der Waals surface area contributed by atoms with Crippen LogP contribution in [0.15, 0.2) is 0 Å². The van der Waals surface area contributed by atoms with Crippen LogP contribution in [-0.4, -0.2) is 18.5 Å². The molecule has 0 saturated carbocycles. The van der Waals surface area contributed by atoms with Crippen LogP contribution in [0.3, 0.4) is 0 Å². The highest BCUT2D eigenvalue weighted by atomic mass is 16.5. The predicted octanol–water partition coefficient (Wildman–Crippen LogP) is -1.59. The van der Waals surface area contributed by atoms with E-state index in [-0.39, 0.29) is 5.06 Å². The van der Waals surface area contributed by atoms with Gasteiger partial charge in [-0.1, -0.05) is 0 Å². The second-order valence-electron chi connectivity index (χ2n) is 2.67. The van der Waals surface area contributed by atoms with Crippen LogP contribution in [-0.2, 0) is 4.79 Å². The van der Waals surface area contributed by atoms with Crippen molar-refractivity contribution in [3.63, 3.8) is 0 Å². The zero-order chi connectivity index (χ0) is 7.56. The molecule has 58 valence electrons. The first-order valence-corrected chi connectivity index (χ1v) is 3.54. The Bertz CT molecular complexity index is 138. The Kier molecular flexibility index (Phi) is 2.24. The van der Waals surface area contributed by atoms with Gasteiger partial charge in [0.1, 0.15) is 0 Å². The average Bonchev–Trinajstić information content (AvgIpc) is 1.88. The van der Waals surface area contributed by atoms with Crippen LogP contribution in [0, 0.1) is 5.21 Å². The Morgan fingerprint density at radius 2 is 2.30 bits per heavy atom. The molecule has 0 aromatic carbocycles. The van der Waals surface area contributed by atoms with Crippen LogP contribution in [0.1, 0.15) is 19.3 Å². The van der Waals surface area contributed by atoms with Crippen LogP contribution in [0.2, 0.25) is 0 Å². The van der Waals surface area contributed by atoms with Crippen molar-refractivity contribution in [3.05, 3.63) is 5.21 Å². The van der Waals surface area contributed by atoms with Gasteiger partial charge in [-0.3, -0.25) is 4.79 Å². The topological polar surface area (TPSA) is 70.6 Å². The minimum atomic E-state index is -0.478. The largest absolute Gasteiger partial charge is 0.634 e. The number of carbonyl (C=O) groups excluding carboxylic acids is 1. The fraction of sp³-hybridized carbons (Fsp3) is 0.833. The SMILES string of the molecule is NC(=O)C1CCCC[NH+]1[O-]. The molecule has 1 aliphatic heterocycles. The maximum Gasteiger partial charge on any atom is 0.276 e. The van der Waals surface area contributed by atoms with Crippen molar-refractivity contribution >= 4 is 5.91 Å². The van der Waals surface area contributed by atoms with Gasteiger partial charge in [-0.15, -0.1) is 0 Å². The molecule has 0 aromatic rings. The second-order valence-corrected chi connectivity index (χ2v) is 2.67. The van der Waals surface area contributed by atoms with Gasteiger partial charge in [0.2, 0.25) is 0 Å². The number of hydroxylamine groups is 2. The Morgan fingerprint density at radius 3 is 2.70 bits per heavy atom. The summed E-state index contributed by atoms with van der Waals surface area (Å²) in [5, 5.41) is 11.0. The lowest BCUT2D eigenvalue weighted by molar-refractivity contribution is -0.870. The number of rotatable bonds is 1. The predicted molar refractivity (Wildman–Crippen MR) is 36.0 cm³/mol. The summed E-state index contributed by atoms with van der Waals surface area (Å²) in [6, 6.07) is -0.478. The van der Waals surface area contributed by atoms with Gasteiger partial charge in [0.15, 0.2) is 6.04 Å². The molecule has 2 atom stereocenters. The number of nitrogens with two attached hydrogens (primary N) is 1. The van der Waals surface area contributed by atoms with Crippen molar-refractivity contribution in [2.45, 2.75) is 25.3 Å². The molecule has 1 aliphatic rings. The first-order chi connectivity index (χ1) is 4.72. The number of amides is 1. The standard InChI is InChI=1S/C6H12N2O2/c7-6(9)5-3-1-2-4-8(5)10/h5,8H,1-4H2,(H2,7,9). The van der Waals surface area contributed by atoms with E-state index in [0.717, 1.165) is 12.8 Å². The van der Waals surface area contributed by atoms with Gasteiger partial charge < -0.3 is 16.0 Å². The van der Waals surface area contributed by atoms with Crippen molar-refractivity contribution in [1.82, 2.24) is 0 Å². The molecule has 0 aliphatic carbocycles. The van der Waals surface area contributed by atoms with Gasteiger partial charge in [0, 0.05) is 6.42 Å². The molecule has 0 spiro atoms. The van der Waals surface area contributed by atoms with Crippen molar-refractivity contribution < 1.29 is 9.86 Å². The number of hydrogen-bond acceptors (Lipinski definition) is 2. The summed E-state index contributed by atoms with van der Waals surface area (Å²) in [7, 11) is 0. The molecule has 0 radical (unpaired) electrons. The maximum absolute atomic E-state index is 10.9. The highest BCUT2D eigenvalue weighted by molar-refractivity contribution is 5.78. The minimum Gasteiger partial charge on any atom is -0.634 e. The van der Waals surface area contributed by atoms with Crippen LogP contribution < -0.4 is 10.8 Å². The molecule has 0 aromatic heterocycles. The summed E-state index contributed by atoms with van der Waals surface area (Å²) in [4.78, 5) is 10.6. The summed E-state index contributed by atoms with van der Waals surface area (Å²) >= 11 is 0. The summed E-state index contributed by atoms with van der Waals surface area (Å²) in [5.74, 6) is -0.454. The summed E-state index contributed by atoms with van der Waals surface area (Å²) in [6.07, 6.45) is 2.54. The number of hydrogen-bond donors (Lipinski definition) is 2. The van der Waals surface area contributed by atoms with E-state index in [1.165, 1.54) is 0 Å². The fourth-order valence-corrected chi connectivity index (χ4v) is 1.28. The summed E-state index contributed by atoms with van der Waals surface area (Å²) in [6.45, 7) is 0.535. The lowest BCUT2D eigenvalue weighted by Gasteiger charge is -2.32. The molecule has 4 nitrogen and oxygen atoms in total. The zero-order valence-corrected chi connectivity index (χ0v) is 5.80. The van der Waals surface area contributed by atoms with Gasteiger partial charge in [-0.25, -0.2) is 0 Å². The van der Waals surface area contributed by atoms with Crippen LogP contribution in [0.25, 0.3) is 0 Å². The van der Waals surface area contributed by atoms with Crippen molar-refractivity contribution in [1.29, 1.82) is 0 Å². The normalized spacial score (nSPS) is 33.7. The third-order valence-electron chi connectivity index (χ3n) is 1.90. The van der Waals surface area contributed by atoms with E-state index < -0.39 is 11.9 Å². The molecule has 1 heterocycles. The molecule has 0 bridgehead atoms. The molecule has 3 N–H and O–H groups in total. The molecule has 1 amide bonds. The van der Waals surface area contributed by atoms with Crippen molar-refractivity contribution in [2.24, 2.45) is 5.73 Å². The highest BCUT2D eigenvalue weighted by Crippen LogP contribution is 2.01. The van der Waals surface area contributed by atoms with Crippen LogP contribution in [0.5, 0.6) is 0 Å². The lowest BCUT2D eigenvalue weighted by Crippen LogP contribution is -3.13. The van der Waals surface area contributed by atoms with E-state index in [9.17, 15) is 10.0 Å². The zero-order valence-electron chi connectivity index (χ0n) is 5.80. The number of nitrogens with one attached hydrogen (secondary N) is 1. The van der Waals surface area contributed by atoms with Gasteiger partial charge >= 0.3 is 0 Å². The van der Waals surface area contributed by atoms with E-state index in [2.05, 4.69) is 0 Å². The number of primary amides is 1. The van der Waals surface area contributed by atoms with Crippen LogP contribution >= 0.6 is 0 Å².